The van der Waals surface area contributed by atoms with E-state index in [-0.39, 0.29) is 41.9 Å². The number of nitrogens with one attached hydrogen (secondary N) is 1. The minimum absolute atomic E-state index is 0.0867. The summed E-state index contributed by atoms with van der Waals surface area (Å²) in [6, 6.07) is 2.26. The zero-order valence-corrected chi connectivity index (χ0v) is 17.1. The quantitative estimate of drug-likeness (QED) is 0.745. The number of rotatable bonds is 4. The molecular weight excluding hydrogens is 368 g/mol. The molecule has 3 aliphatic heterocycles. The number of aliphatic hydroxyl groups excluding tert-OH is 1. The lowest BCUT2D eigenvalue weighted by molar-refractivity contribution is -0.141. The maximum Gasteiger partial charge on any atom is 0.226 e. The van der Waals surface area contributed by atoms with E-state index in [1.54, 1.807) is 0 Å². The molecule has 0 radical (unpaired) electrons. The molecular formula is C22H30N4O3. The van der Waals surface area contributed by atoms with Gasteiger partial charge in [-0.2, -0.15) is 0 Å². The Hall–Kier alpha value is -1.99. The third kappa shape index (κ3) is 3.34. The number of carbonyl (C=O) groups excluding carboxylic acids is 1. The number of anilines is 1. The van der Waals surface area contributed by atoms with Gasteiger partial charge in [0.25, 0.3) is 0 Å². The molecule has 1 amide bonds. The fourth-order valence-electron chi connectivity index (χ4n) is 5.64. The van der Waals surface area contributed by atoms with E-state index in [1.165, 1.54) is 0 Å². The number of hydrogen-bond donors (Lipinski definition) is 2. The molecule has 3 fully saturated rings. The summed E-state index contributed by atoms with van der Waals surface area (Å²) in [5.74, 6) is 1.86. The number of carbonyl (C=O) groups is 1. The third-order valence-electron chi connectivity index (χ3n) is 7.12. The van der Waals surface area contributed by atoms with Crippen LogP contribution < -0.4 is 10.2 Å². The van der Waals surface area contributed by atoms with E-state index in [0.29, 0.717) is 6.42 Å². The Labute approximate surface area is 171 Å². The monoisotopic (exact) mass is 398 g/mol. The van der Waals surface area contributed by atoms with E-state index >= 15 is 0 Å². The SMILES string of the molecule is CCc1cc(N2C[C@H]3[C@H](O)[C@@H]4CC(C(=O)NC5CC=CC5)[C@@H](O4)[C@H]3C2)nc(C)n1. The number of amides is 1. The first-order chi connectivity index (χ1) is 14.0. The van der Waals surface area contributed by atoms with Crippen molar-refractivity contribution >= 4 is 11.7 Å². The lowest BCUT2D eigenvalue weighted by Crippen LogP contribution is -2.48. The van der Waals surface area contributed by atoms with Crippen molar-refractivity contribution in [3.05, 3.63) is 29.7 Å². The Morgan fingerprint density at radius 3 is 2.79 bits per heavy atom. The summed E-state index contributed by atoms with van der Waals surface area (Å²) in [6.45, 7) is 5.52. The van der Waals surface area contributed by atoms with Gasteiger partial charge >= 0.3 is 0 Å². The predicted octanol–water partition coefficient (Wildman–Crippen LogP) is 1.38. The van der Waals surface area contributed by atoms with Crippen LogP contribution in [0.3, 0.4) is 0 Å². The number of ether oxygens (including phenoxy) is 1. The third-order valence-corrected chi connectivity index (χ3v) is 7.12. The van der Waals surface area contributed by atoms with Gasteiger partial charge in [0.15, 0.2) is 0 Å². The molecule has 7 nitrogen and oxygen atoms in total. The second-order valence-corrected chi connectivity index (χ2v) is 8.97. The van der Waals surface area contributed by atoms with E-state index in [2.05, 4.69) is 39.3 Å². The maximum atomic E-state index is 13.0. The highest BCUT2D eigenvalue weighted by Gasteiger charge is 2.58. The van der Waals surface area contributed by atoms with E-state index in [4.69, 9.17) is 4.74 Å². The molecule has 156 valence electrons. The number of fused-ring (bicyclic) bond motifs is 4. The first kappa shape index (κ1) is 19.0. The van der Waals surface area contributed by atoms with Crippen molar-refractivity contribution in [2.75, 3.05) is 18.0 Å². The summed E-state index contributed by atoms with van der Waals surface area (Å²) >= 11 is 0. The highest BCUT2D eigenvalue weighted by atomic mass is 16.5. The highest BCUT2D eigenvalue weighted by Crippen LogP contribution is 2.47. The fraction of sp³-hybridized carbons (Fsp3) is 0.682. The van der Waals surface area contributed by atoms with Crippen LogP contribution in [0.4, 0.5) is 5.82 Å². The Balaban J connectivity index is 1.34. The van der Waals surface area contributed by atoms with E-state index < -0.39 is 6.10 Å². The van der Waals surface area contributed by atoms with E-state index in [1.807, 2.05) is 13.0 Å². The zero-order valence-electron chi connectivity index (χ0n) is 17.1. The summed E-state index contributed by atoms with van der Waals surface area (Å²) in [4.78, 5) is 24.3. The first-order valence-electron chi connectivity index (χ1n) is 10.9. The molecule has 2 N–H and O–H groups in total. The van der Waals surface area contributed by atoms with Crippen molar-refractivity contribution in [2.45, 2.75) is 63.9 Å². The average molecular weight is 399 g/mol. The topological polar surface area (TPSA) is 87.6 Å². The average Bonchev–Trinajstić information content (AvgIpc) is 3.44. The van der Waals surface area contributed by atoms with Gasteiger partial charge in [0.05, 0.1) is 24.2 Å². The molecule has 7 heteroatoms. The van der Waals surface area contributed by atoms with Gasteiger partial charge in [-0.25, -0.2) is 9.97 Å². The number of nitrogens with zero attached hydrogens (tertiary/aromatic N) is 3. The van der Waals surface area contributed by atoms with Gasteiger partial charge in [-0.15, -0.1) is 0 Å². The smallest absolute Gasteiger partial charge is 0.226 e. The number of hydrogen-bond acceptors (Lipinski definition) is 6. The Morgan fingerprint density at radius 2 is 2.03 bits per heavy atom. The van der Waals surface area contributed by atoms with Crippen molar-refractivity contribution < 1.29 is 14.6 Å². The molecule has 0 aromatic carbocycles. The lowest BCUT2D eigenvalue weighted by atomic mass is 9.83. The molecule has 0 saturated carbocycles. The Morgan fingerprint density at radius 1 is 1.28 bits per heavy atom. The van der Waals surface area contributed by atoms with E-state index in [0.717, 1.165) is 49.7 Å². The normalized spacial score (nSPS) is 35.9. The number of aromatic nitrogens is 2. The molecule has 0 spiro atoms. The minimum Gasteiger partial charge on any atom is -0.390 e. The molecule has 4 aliphatic rings. The van der Waals surface area contributed by atoms with Crippen LogP contribution in [0.2, 0.25) is 0 Å². The zero-order chi connectivity index (χ0) is 20.1. The number of aliphatic hydroxyl groups is 1. The first-order valence-corrected chi connectivity index (χ1v) is 10.9. The van der Waals surface area contributed by atoms with Crippen LogP contribution >= 0.6 is 0 Å². The fourth-order valence-corrected chi connectivity index (χ4v) is 5.64. The maximum absolute atomic E-state index is 13.0. The van der Waals surface area contributed by atoms with E-state index in [9.17, 15) is 9.90 Å². The largest absolute Gasteiger partial charge is 0.390 e. The van der Waals surface area contributed by atoms with Crippen LogP contribution in [-0.2, 0) is 16.0 Å². The van der Waals surface area contributed by atoms with Crippen molar-refractivity contribution in [1.82, 2.24) is 15.3 Å². The van der Waals surface area contributed by atoms with Crippen LogP contribution in [0, 0.1) is 24.7 Å². The van der Waals surface area contributed by atoms with Gasteiger partial charge < -0.3 is 20.1 Å². The van der Waals surface area contributed by atoms with Gasteiger partial charge in [-0.1, -0.05) is 19.1 Å². The van der Waals surface area contributed by atoms with Crippen LogP contribution in [-0.4, -0.2) is 58.4 Å². The molecule has 1 unspecified atom stereocenters. The molecule has 1 aromatic rings. The highest BCUT2D eigenvalue weighted by molar-refractivity contribution is 5.80. The molecule has 6 atom stereocenters. The van der Waals surface area contributed by atoms with Crippen LogP contribution in [0.1, 0.15) is 37.7 Å². The van der Waals surface area contributed by atoms with Gasteiger partial charge in [0.2, 0.25) is 5.91 Å². The Bertz CT molecular complexity index is 820. The van der Waals surface area contributed by atoms with Crippen molar-refractivity contribution in [1.29, 1.82) is 0 Å². The van der Waals surface area contributed by atoms with Crippen molar-refractivity contribution in [3.8, 4) is 0 Å². The second kappa shape index (κ2) is 7.36. The molecule has 29 heavy (non-hydrogen) atoms. The van der Waals surface area contributed by atoms with Gasteiger partial charge in [0, 0.05) is 42.7 Å². The van der Waals surface area contributed by atoms with Crippen molar-refractivity contribution in [3.63, 3.8) is 0 Å². The van der Waals surface area contributed by atoms with Crippen molar-refractivity contribution in [2.24, 2.45) is 17.8 Å². The standard InChI is InChI=1S/C22H30N4O3/c1-3-13-8-19(24-12(2)23-13)26-10-16-17(11-26)21-15(9-18(29-21)20(16)27)22(28)25-14-6-4-5-7-14/h4-5,8,14-18,20-21,27H,3,6-7,9-11H2,1-2H3,(H,25,28)/t15?,16-,17+,18+,20+,21-/m1/s1. The molecule has 2 bridgehead atoms. The summed E-state index contributed by atoms with van der Waals surface area (Å²) < 4.78 is 6.19. The summed E-state index contributed by atoms with van der Waals surface area (Å²) in [7, 11) is 0. The second-order valence-electron chi connectivity index (χ2n) is 8.97. The van der Waals surface area contributed by atoms with Crippen LogP contribution in [0.25, 0.3) is 0 Å². The molecule has 5 rings (SSSR count). The summed E-state index contributed by atoms with van der Waals surface area (Å²) in [5, 5.41) is 14.1. The lowest BCUT2D eigenvalue weighted by Gasteiger charge is -2.36. The van der Waals surface area contributed by atoms with Crippen LogP contribution in [0.5, 0.6) is 0 Å². The summed E-state index contributed by atoms with van der Waals surface area (Å²) in [6.07, 6.45) is 6.66. The van der Waals surface area contributed by atoms with Gasteiger partial charge in [0.1, 0.15) is 11.6 Å². The summed E-state index contributed by atoms with van der Waals surface area (Å²) in [5.41, 5.74) is 1.03. The molecule has 1 aromatic heterocycles. The number of aryl methyl sites for hydroxylation is 2. The van der Waals surface area contributed by atoms with Gasteiger partial charge in [-0.05, 0) is 32.6 Å². The van der Waals surface area contributed by atoms with Crippen LogP contribution in [0.15, 0.2) is 18.2 Å². The Kier molecular flexibility index (Phi) is 4.82. The molecule has 1 aliphatic carbocycles. The van der Waals surface area contributed by atoms with Gasteiger partial charge in [-0.3, -0.25) is 4.79 Å². The predicted molar refractivity (Wildman–Crippen MR) is 108 cm³/mol. The molecule has 4 heterocycles. The minimum atomic E-state index is -0.527. The molecule has 3 saturated heterocycles.